The molecular weight excluding hydrogens is 426 g/mol. The van der Waals surface area contributed by atoms with Crippen molar-refractivity contribution < 1.29 is 14.7 Å². The quantitative estimate of drug-likeness (QED) is 0.429. The Bertz CT molecular complexity index is 1030. The zero-order valence-electron chi connectivity index (χ0n) is 19.7. The molecule has 0 fully saturated rings. The Kier molecular flexibility index (Phi) is 8.44. The SMILES string of the molecule is CC[C@H](C)[C@@H](C(N)=O)N(C(=O)[C@@H](N)Cc1ccc(O)cc1)C(c1ccccc1)c1ccccc1. The molecule has 6 nitrogen and oxygen atoms in total. The van der Waals surface area contributed by atoms with Gasteiger partial charge in [-0.1, -0.05) is 93.1 Å². The number of phenolic OH excluding ortho intramolecular Hbond substituents is 1. The number of amides is 2. The van der Waals surface area contributed by atoms with Crippen LogP contribution in [0.5, 0.6) is 5.75 Å². The van der Waals surface area contributed by atoms with Crippen LogP contribution in [0, 0.1) is 5.92 Å². The van der Waals surface area contributed by atoms with Gasteiger partial charge in [0.25, 0.3) is 0 Å². The van der Waals surface area contributed by atoms with Crippen molar-refractivity contribution in [2.45, 2.75) is 44.8 Å². The number of benzene rings is 3. The maximum Gasteiger partial charge on any atom is 0.241 e. The van der Waals surface area contributed by atoms with Crippen molar-refractivity contribution >= 4 is 11.8 Å². The maximum absolute atomic E-state index is 14.0. The molecule has 34 heavy (non-hydrogen) atoms. The molecule has 178 valence electrons. The van der Waals surface area contributed by atoms with E-state index in [-0.39, 0.29) is 24.0 Å². The van der Waals surface area contributed by atoms with Gasteiger partial charge >= 0.3 is 0 Å². The van der Waals surface area contributed by atoms with Gasteiger partial charge in [0.15, 0.2) is 0 Å². The fourth-order valence-corrected chi connectivity index (χ4v) is 4.29. The lowest BCUT2D eigenvalue weighted by molar-refractivity contribution is -0.144. The van der Waals surface area contributed by atoms with Crippen LogP contribution in [0.2, 0.25) is 0 Å². The van der Waals surface area contributed by atoms with Gasteiger partial charge in [0, 0.05) is 0 Å². The molecule has 0 aliphatic rings. The van der Waals surface area contributed by atoms with Gasteiger partial charge in [0.2, 0.25) is 11.8 Å². The Balaban J connectivity index is 2.11. The molecule has 0 saturated heterocycles. The number of carbonyl (C=O) groups excluding carboxylic acids is 2. The second-order valence-electron chi connectivity index (χ2n) is 8.68. The van der Waals surface area contributed by atoms with Gasteiger partial charge in [0.1, 0.15) is 11.8 Å². The molecular formula is C28H33N3O3. The van der Waals surface area contributed by atoms with Gasteiger partial charge in [0.05, 0.1) is 12.1 Å². The van der Waals surface area contributed by atoms with Gasteiger partial charge in [-0.25, -0.2) is 0 Å². The van der Waals surface area contributed by atoms with Gasteiger partial charge < -0.3 is 21.5 Å². The van der Waals surface area contributed by atoms with E-state index in [2.05, 4.69) is 0 Å². The van der Waals surface area contributed by atoms with E-state index < -0.39 is 24.0 Å². The van der Waals surface area contributed by atoms with E-state index in [1.54, 1.807) is 29.2 Å². The smallest absolute Gasteiger partial charge is 0.241 e. The largest absolute Gasteiger partial charge is 0.508 e. The number of hydrogen-bond acceptors (Lipinski definition) is 4. The van der Waals surface area contributed by atoms with E-state index in [1.165, 1.54) is 0 Å². The first-order valence-electron chi connectivity index (χ1n) is 11.6. The number of nitrogens with zero attached hydrogens (tertiary/aromatic N) is 1. The lowest BCUT2D eigenvalue weighted by Gasteiger charge is -2.41. The molecule has 0 unspecified atom stereocenters. The summed E-state index contributed by atoms with van der Waals surface area (Å²) in [6.45, 7) is 3.90. The minimum Gasteiger partial charge on any atom is -0.508 e. The predicted molar refractivity (Wildman–Crippen MR) is 134 cm³/mol. The van der Waals surface area contributed by atoms with Crippen LogP contribution in [0.1, 0.15) is 43.0 Å². The predicted octanol–water partition coefficient (Wildman–Crippen LogP) is 3.78. The average Bonchev–Trinajstić information content (AvgIpc) is 2.85. The first-order chi connectivity index (χ1) is 16.3. The molecule has 3 aromatic rings. The van der Waals surface area contributed by atoms with Crippen molar-refractivity contribution in [1.82, 2.24) is 4.90 Å². The van der Waals surface area contributed by atoms with E-state index in [9.17, 15) is 14.7 Å². The van der Waals surface area contributed by atoms with Gasteiger partial charge in [-0.2, -0.15) is 0 Å². The number of nitrogens with two attached hydrogens (primary N) is 2. The lowest BCUT2D eigenvalue weighted by atomic mass is 9.89. The maximum atomic E-state index is 14.0. The molecule has 0 spiro atoms. The number of hydrogen-bond donors (Lipinski definition) is 3. The van der Waals surface area contributed by atoms with Crippen molar-refractivity contribution in [2.24, 2.45) is 17.4 Å². The monoisotopic (exact) mass is 459 g/mol. The van der Waals surface area contributed by atoms with Crippen LogP contribution in [-0.4, -0.2) is 33.9 Å². The Labute approximate surface area is 201 Å². The van der Waals surface area contributed by atoms with E-state index >= 15 is 0 Å². The number of primary amides is 1. The molecule has 0 aliphatic heterocycles. The summed E-state index contributed by atoms with van der Waals surface area (Å²) in [6, 6.07) is 23.6. The molecule has 0 radical (unpaired) electrons. The molecule has 0 bridgehead atoms. The van der Waals surface area contributed by atoms with E-state index in [1.807, 2.05) is 74.5 Å². The second kappa shape index (κ2) is 11.5. The molecule has 6 heteroatoms. The van der Waals surface area contributed by atoms with E-state index in [0.29, 0.717) is 6.42 Å². The zero-order valence-corrected chi connectivity index (χ0v) is 19.7. The van der Waals surface area contributed by atoms with Crippen LogP contribution < -0.4 is 11.5 Å². The summed E-state index contributed by atoms with van der Waals surface area (Å²) >= 11 is 0. The second-order valence-corrected chi connectivity index (χ2v) is 8.68. The number of rotatable bonds is 10. The standard InChI is InChI=1S/C28H33N3O3/c1-3-19(2)25(27(30)33)31(28(34)24(29)18-20-14-16-23(32)17-15-20)26(21-10-6-4-7-11-21)22-12-8-5-9-13-22/h4-17,19,24-26,32H,3,18,29H2,1-2H3,(H2,30,33)/t19-,24-,25-/m0/s1. The molecule has 3 rings (SSSR count). The summed E-state index contributed by atoms with van der Waals surface area (Å²) < 4.78 is 0. The number of aromatic hydroxyl groups is 1. The molecule has 0 heterocycles. The number of carbonyl (C=O) groups is 2. The van der Waals surface area contributed by atoms with Gasteiger partial charge in [-0.15, -0.1) is 0 Å². The van der Waals surface area contributed by atoms with Crippen molar-refractivity contribution in [1.29, 1.82) is 0 Å². The summed E-state index contributed by atoms with van der Waals surface area (Å²) in [5, 5.41) is 9.58. The highest BCUT2D eigenvalue weighted by molar-refractivity contribution is 5.90. The van der Waals surface area contributed by atoms with Crippen LogP contribution in [0.4, 0.5) is 0 Å². The molecule has 0 saturated carbocycles. The minimum atomic E-state index is -0.898. The summed E-state index contributed by atoms with van der Waals surface area (Å²) in [5.74, 6) is -0.937. The van der Waals surface area contributed by atoms with Crippen molar-refractivity contribution in [3.63, 3.8) is 0 Å². The van der Waals surface area contributed by atoms with E-state index in [0.717, 1.165) is 16.7 Å². The fraction of sp³-hybridized carbons (Fsp3) is 0.286. The van der Waals surface area contributed by atoms with Crippen molar-refractivity contribution in [2.75, 3.05) is 0 Å². The Morgan fingerprint density at radius 3 is 1.82 bits per heavy atom. The molecule has 5 N–H and O–H groups in total. The Morgan fingerprint density at radius 2 is 1.38 bits per heavy atom. The highest BCUT2D eigenvalue weighted by Gasteiger charge is 2.40. The van der Waals surface area contributed by atoms with Crippen LogP contribution in [-0.2, 0) is 16.0 Å². The van der Waals surface area contributed by atoms with E-state index in [4.69, 9.17) is 11.5 Å². The summed E-state index contributed by atoms with van der Waals surface area (Å²) in [4.78, 5) is 28.4. The molecule has 3 atom stereocenters. The minimum absolute atomic E-state index is 0.143. The van der Waals surface area contributed by atoms with Crippen molar-refractivity contribution in [3.8, 4) is 5.75 Å². The Hall–Kier alpha value is -3.64. The number of phenols is 1. The summed E-state index contributed by atoms with van der Waals surface area (Å²) in [7, 11) is 0. The lowest BCUT2D eigenvalue weighted by Crippen LogP contribution is -2.57. The summed E-state index contributed by atoms with van der Waals surface area (Å²) in [6.07, 6.45) is 0.929. The summed E-state index contributed by atoms with van der Waals surface area (Å²) in [5.41, 5.74) is 14.9. The third kappa shape index (κ3) is 5.83. The van der Waals surface area contributed by atoms with Gasteiger partial charge in [-0.3, -0.25) is 9.59 Å². The topological polar surface area (TPSA) is 110 Å². The van der Waals surface area contributed by atoms with Crippen LogP contribution in [0.25, 0.3) is 0 Å². The normalized spacial score (nSPS) is 13.8. The molecule has 0 aliphatic carbocycles. The highest BCUT2D eigenvalue weighted by Crippen LogP contribution is 2.33. The third-order valence-electron chi connectivity index (χ3n) is 6.25. The first-order valence-corrected chi connectivity index (χ1v) is 11.6. The molecule has 3 aromatic carbocycles. The molecule has 0 aromatic heterocycles. The van der Waals surface area contributed by atoms with Crippen LogP contribution >= 0.6 is 0 Å². The van der Waals surface area contributed by atoms with Crippen molar-refractivity contribution in [3.05, 3.63) is 102 Å². The molecule has 2 amide bonds. The van der Waals surface area contributed by atoms with Crippen LogP contribution in [0.3, 0.4) is 0 Å². The fourth-order valence-electron chi connectivity index (χ4n) is 4.29. The van der Waals surface area contributed by atoms with Crippen LogP contribution in [0.15, 0.2) is 84.9 Å². The zero-order chi connectivity index (χ0) is 24.7. The first kappa shape index (κ1) is 25.0. The van der Waals surface area contributed by atoms with Gasteiger partial charge in [-0.05, 0) is 41.2 Å². The Morgan fingerprint density at radius 1 is 0.882 bits per heavy atom. The highest BCUT2D eigenvalue weighted by atomic mass is 16.3. The average molecular weight is 460 g/mol. The third-order valence-corrected chi connectivity index (χ3v) is 6.25.